The van der Waals surface area contributed by atoms with Gasteiger partial charge in [0.25, 0.3) is 11.8 Å². The van der Waals surface area contributed by atoms with Gasteiger partial charge >= 0.3 is 0 Å². The van der Waals surface area contributed by atoms with Crippen molar-refractivity contribution in [1.29, 1.82) is 0 Å². The molecule has 0 unspecified atom stereocenters. The Morgan fingerprint density at radius 3 is 2.43 bits per heavy atom. The van der Waals surface area contributed by atoms with E-state index in [1.54, 1.807) is 17.0 Å². The second-order valence-corrected chi connectivity index (χ2v) is 7.54. The number of ether oxygens (including phenoxy) is 1. The summed E-state index contributed by atoms with van der Waals surface area (Å²) in [5.74, 6) is -0.423. The van der Waals surface area contributed by atoms with Crippen LogP contribution in [0.4, 0.5) is 10.1 Å². The zero-order valence-electron chi connectivity index (χ0n) is 15.9. The van der Waals surface area contributed by atoms with Crippen LogP contribution in [0, 0.1) is 12.7 Å². The third-order valence-corrected chi connectivity index (χ3v) is 5.72. The highest BCUT2D eigenvalue weighted by Gasteiger charge is 2.43. The second kappa shape index (κ2) is 7.36. The summed E-state index contributed by atoms with van der Waals surface area (Å²) in [6.45, 7) is 3.53. The quantitative estimate of drug-likeness (QED) is 0.802. The molecule has 4 rings (SSSR count). The van der Waals surface area contributed by atoms with Crippen LogP contribution in [0.1, 0.15) is 28.8 Å². The number of piperidine rings is 1. The molecule has 2 aromatic carbocycles. The predicted octanol–water partition coefficient (Wildman–Crippen LogP) is 3.17. The highest BCUT2D eigenvalue weighted by Crippen LogP contribution is 2.33. The SMILES string of the molecule is Cc1ccccc1C(=O)N1CCC2(CC1)CN(c1ccc(F)cc1)C(=O)CO2. The van der Waals surface area contributed by atoms with Gasteiger partial charge in [-0.2, -0.15) is 0 Å². The van der Waals surface area contributed by atoms with E-state index in [0.717, 1.165) is 11.1 Å². The van der Waals surface area contributed by atoms with Crippen LogP contribution in [0.25, 0.3) is 0 Å². The average Bonchev–Trinajstić information content (AvgIpc) is 2.71. The fourth-order valence-corrected chi connectivity index (χ4v) is 3.97. The monoisotopic (exact) mass is 382 g/mol. The third kappa shape index (κ3) is 3.52. The van der Waals surface area contributed by atoms with Crippen LogP contribution in [0.15, 0.2) is 48.5 Å². The number of rotatable bonds is 2. The average molecular weight is 382 g/mol. The van der Waals surface area contributed by atoms with Crippen LogP contribution >= 0.6 is 0 Å². The number of aryl methyl sites for hydroxylation is 1. The minimum atomic E-state index is -0.467. The Balaban J connectivity index is 1.46. The van der Waals surface area contributed by atoms with E-state index in [4.69, 9.17) is 4.74 Å². The summed E-state index contributed by atoms with van der Waals surface area (Å²) in [7, 11) is 0. The molecule has 2 aliphatic rings. The molecule has 2 saturated heterocycles. The summed E-state index contributed by atoms with van der Waals surface area (Å²) >= 11 is 0. The van der Waals surface area contributed by atoms with Crippen LogP contribution in [-0.2, 0) is 9.53 Å². The maximum absolute atomic E-state index is 13.2. The smallest absolute Gasteiger partial charge is 0.254 e. The molecule has 2 fully saturated rings. The lowest BCUT2D eigenvalue weighted by Gasteiger charge is -2.47. The maximum Gasteiger partial charge on any atom is 0.254 e. The van der Waals surface area contributed by atoms with Gasteiger partial charge in [0, 0.05) is 24.3 Å². The number of benzene rings is 2. The topological polar surface area (TPSA) is 49.9 Å². The summed E-state index contributed by atoms with van der Waals surface area (Å²) in [5.41, 5.74) is 1.90. The highest BCUT2D eigenvalue weighted by atomic mass is 19.1. The van der Waals surface area contributed by atoms with Gasteiger partial charge in [-0.3, -0.25) is 9.59 Å². The Labute approximate surface area is 163 Å². The largest absolute Gasteiger partial charge is 0.363 e. The van der Waals surface area contributed by atoms with Gasteiger partial charge in [0.05, 0.1) is 12.1 Å². The molecule has 2 amide bonds. The van der Waals surface area contributed by atoms with Crippen LogP contribution in [0.2, 0.25) is 0 Å². The molecular formula is C22H23FN2O3. The zero-order chi connectivity index (χ0) is 19.7. The fraction of sp³-hybridized carbons (Fsp3) is 0.364. The van der Waals surface area contributed by atoms with Crippen LogP contribution < -0.4 is 4.90 Å². The van der Waals surface area contributed by atoms with Crippen molar-refractivity contribution in [2.45, 2.75) is 25.4 Å². The van der Waals surface area contributed by atoms with E-state index < -0.39 is 5.60 Å². The van der Waals surface area contributed by atoms with Crippen molar-refractivity contribution in [3.8, 4) is 0 Å². The van der Waals surface area contributed by atoms with Crippen molar-refractivity contribution >= 4 is 17.5 Å². The van der Waals surface area contributed by atoms with Crippen LogP contribution in [0.5, 0.6) is 0 Å². The number of halogens is 1. The normalized spacial score (nSPS) is 19.1. The minimum Gasteiger partial charge on any atom is -0.363 e. The van der Waals surface area contributed by atoms with Crippen molar-refractivity contribution in [2.75, 3.05) is 31.1 Å². The minimum absolute atomic E-state index is 0.00309. The molecule has 0 radical (unpaired) electrons. The number of hydrogen-bond acceptors (Lipinski definition) is 3. The molecule has 1 spiro atoms. The number of likely N-dealkylation sites (tertiary alicyclic amines) is 1. The lowest BCUT2D eigenvalue weighted by atomic mass is 9.88. The van der Waals surface area contributed by atoms with Crippen molar-refractivity contribution in [2.24, 2.45) is 0 Å². The van der Waals surface area contributed by atoms with Gasteiger partial charge in [0.15, 0.2) is 0 Å². The summed E-state index contributed by atoms with van der Waals surface area (Å²) in [4.78, 5) is 28.7. The van der Waals surface area contributed by atoms with Gasteiger partial charge in [-0.25, -0.2) is 4.39 Å². The maximum atomic E-state index is 13.2. The molecular weight excluding hydrogens is 359 g/mol. The first kappa shape index (κ1) is 18.6. The van der Waals surface area contributed by atoms with E-state index in [1.165, 1.54) is 12.1 Å². The Bertz CT molecular complexity index is 889. The number of carbonyl (C=O) groups is 2. The van der Waals surface area contributed by atoms with Crippen molar-refractivity contribution in [1.82, 2.24) is 4.90 Å². The highest BCUT2D eigenvalue weighted by molar-refractivity contribution is 5.96. The first-order chi connectivity index (χ1) is 13.5. The molecule has 5 nitrogen and oxygen atoms in total. The number of anilines is 1. The van der Waals surface area contributed by atoms with E-state index in [9.17, 15) is 14.0 Å². The van der Waals surface area contributed by atoms with E-state index in [2.05, 4.69) is 0 Å². The first-order valence-electron chi connectivity index (χ1n) is 9.52. The van der Waals surface area contributed by atoms with E-state index in [0.29, 0.717) is 38.2 Å². The van der Waals surface area contributed by atoms with Gasteiger partial charge in [0.1, 0.15) is 12.4 Å². The fourth-order valence-electron chi connectivity index (χ4n) is 3.97. The van der Waals surface area contributed by atoms with Crippen molar-refractivity contribution < 1.29 is 18.7 Å². The van der Waals surface area contributed by atoms with Gasteiger partial charge in [-0.1, -0.05) is 18.2 Å². The number of amides is 2. The number of morpholine rings is 1. The second-order valence-electron chi connectivity index (χ2n) is 7.54. The Morgan fingerprint density at radius 2 is 1.75 bits per heavy atom. The summed E-state index contributed by atoms with van der Waals surface area (Å²) in [6, 6.07) is 13.5. The Morgan fingerprint density at radius 1 is 1.07 bits per heavy atom. The molecule has 0 atom stereocenters. The first-order valence-corrected chi connectivity index (χ1v) is 9.52. The predicted molar refractivity (Wildman–Crippen MR) is 104 cm³/mol. The number of carbonyl (C=O) groups excluding carboxylic acids is 2. The Hall–Kier alpha value is -2.73. The molecule has 0 aliphatic carbocycles. The molecule has 0 bridgehead atoms. The number of hydrogen-bond donors (Lipinski definition) is 0. The molecule has 28 heavy (non-hydrogen) atoms. The zero-order valence-corrected chi connectivity index (χ0v) is 15.9. The number of nitrogens with zero attached hydrogens (tertiary/aromatic N) is 2. The van der Waals surface area contributed by atoms with E-state index in [-0.39, 0.29) is 24.2 Å². The van der Waals surface area contributed by atoms with E-state index >= 15 is 0 Å². The van der Waals surface area contributed by atoms with Crippen molar-refractivity contribution in [3.05, 3.63) is 65.5 Å². The lowest BCUT2D eigenvalue weighted by Crippen LogP contribution is -2.59. The van der Waals surface area contributed by atoms with Crippen LogP contribution in [-0.4, -0.2) is 48.6 Å². The molecule has 6 heteroatoms. The molecule has 0 aromatic heterocycles. The van der Waals surface area contributed by atoms with Crippen molar-refractivity contribution in [3.63, 3.8) is 0 Å². The van der Waals surface area contributed by atoms with Gasteiger partial charge in [-0.05, 0) is 55.7 Å². The molecule has 2 aliphatic heterocycles. The summed E-state index contributed by atoms with van der Waals surface area (Å²) < 4.78 is 19.2. The third-order valence-electron chi connectivity index (χ3n) is 5.72. The summed E-state index contributed by atoms with van der Waals surface area (Å²) in [6.07, 6.45) is 1.32. The molecule has 2 aromatic rings. The Kier molecular flexibility index (Phi) is 4.89. The molecule has 0 saturated carbocycles. The van der Waals surface area contributed by atoms with E-state index in [1.807, 2.05) is 36.1 Å². The molecule has 0 N–H and O–H groups in total. The molecule has 2 heterocycles. The lowest BCUT2D eigenvalue weighted by molar-refractivity contribution is -0.143. The van der Waals surface area contributed by atoms with Gasteiger partial charge in [0.2, 0.25) is 0 Å². The molecule has 146 valence electrons. The van der Waals surface area contributed by atoms with Gasteiger partial charge < -0.3 is 14.5 Å². The standard InChI is InChI=1S/C22H23FN2O3/c1-16-4-2-3-5-19(16)21(27)24-12-10-22(11-13-24)15-25(20(26)14-28-22)18-8-6-17(23)7-9-18/h2-9H,10-15H2,1H3. The van der Waals surface area contributed by atoms with Gasteiger partial charge in [-0.15, -0.1) is 0 Å². The summed E-state index contributed by atoms with van der Waals surface area (Å²) in [5, 5.41) is 0. The van der Waals surface area contributed by atoms with Crippen LogP contribution in [0.3, 0.4) is 0 Å².